The zero-order chi connectivity index (χ0) is 6.85. The van der Waals surface area contributed by atoms with E-state index in [9.17, 15) is 4.39 Å². The second kappa shape index (κ2) is 3.94. The smallest absolute Gasteiger partial charge is 0.125 e. The van der Waals surface area contributed by atoms with Crippen LogP contribution in [0.1, 0.15) is 0 Å². The Balaban J connectivity index is 0.000000810. The van der Waals surface area contributed by atoms with Crippen LogP contribution in [0, 0.1) is 5.82 Å². The van der Waals surface area contributed by atoms with E-state index in [4.69, 9.17) is 5.73 Å². The molecule has 0 atom stereocenters. The Morgan fingerprint density at radius 2 is 2.00 bits per heavy atom. The van der Waals surface area contributed by atoms with E-state index in [1.807, 2.05) is 0 Å². The van der Waals surface area contributed by atoms with E-state index in [-0.39, 0.29) is 25.3 Å². The van der Waals surface area contributed by atoms with Crippen LogP contribution in [0.15, 0.2) is 23.1 Å². The number of anilines is 1. The Bertz CT molecular complexity index is 229. The second-order valence-electron chi connectivity index (χ2n) is 1.70. The van der Waals surface area contributed by atoms with Gasteiger partial charge in [0.05, 0.1) is 0 Å². The maximum absolute atomic E-state index is 12.2. The first-order chi connectivity index (χ1) is 4.20. The van der Waals surface area contributed by atoms with Crippen molar-refractivity contribution in [1.82, 2.24) is 0 Å². The fourth-order valence-corrected chi connectivity index (χ4v) is 0.664. The molecule has 1 nitrogen and oxygen atoms in total. The molecule has 0 aliphatic heterocycles. The standard InChI is InChI=1S/C6H6FNS.Zn/c7-4-1-2-6(9)5(8)3-4;/h1-3,9H,8H2;. The third-order valence-corrected chi connectivity index (χ3v) is 1.40. The Kier molecular flexibility index (Phi) is 3.91. The minimum absolute atomic E-state index is 0. The third kappa shape index (κ3) is 2.27. The first-order valence-electron chi connectivity index (χ1n) is 2.44. The number of nitrogen functional groups attached to an aromatic ring is 1. The first kappa shape index (κ1) is 9.92. The van der Waals surface area contributed by atoms with Crippen molar-refractivity contribution in [2.45, 2.75) is 4.90 Å². The van der Waals surface area contributed by atoms with Gasteiger partial charge in [-0.3, -0.25) is 0 Å². The largest absolute Gasteiger partial charge is 0.398 e. The molecule has 50 valence electrons. The van der Waals surface area contributed by atoms with Gasteiger partial charge in [0.15, 0.2) is 0 Å². The molecule has 1 aromatic carbocycles. The van der Waals surface area contributed by atoms with Gasteiger partial charge < -0.3 is 5.73 Å². The van der Waals surface area contributed by atoms with E-state index in [1.165, 1.54) is 18.2 Å². The maximum Gasteiger partial charge on any atom is 0.125 e. The molecule has 2 N–H and O–H groups in total. The van der Waals surface area contributed by atoms with Gasteiger partial charge in [0.25, 0.3) is 0 Å². The van der Waals surface area contributed by atoms with Crippen LogP contribution in [0.3, 0.4) is 0 Å². The molecule has 0 amide bonds. The minimum Gasteiger partial charge on any atom is -0.398 e. The molecule has 0 spiro atoms. The average Bonchev–Trinajstić information content (AvgIpc) is 1.80. The fraction of sp³-hybridized carbons (Fsp3) is 0. The summed E-state index contributed by atoms with van der Waals surface area (Å²) in [6.07, 6.45) is 0. The normalized spacial score (nSPS) is 8.60. The number of benzene rings is 1. The van der Waals surface area contributed by atoms with Gasteiger partial charge >= 0.3 is 0 Å². The van der Waals surface area contributed by atoms with Crippen molar-refractivity contribution < 1.29 is 23.9 Å². The van der Waals surface area contributed by atoms with Gasteiger partial charge in [-0.2, -0.15) is 0 Å². The van der Waals surface area contributed by atoms with Gasteiger partial charge in [0, 0.05) is 30.1 Å². The Morgan fingerprint density at radius 3 is 2.40 bits per heavy atom. The van der Waals surface area contributed by atoms with Crippen LogP contribution in [0.5, 0.6) is 0 Å². The fourth-order valence-electron chi connectivity index (χ4n) is 0.525. The van der Waals surface area contributed by atoms with Crippen LogP contribution in [0.25, 0.3) is 0 Å². The molecular formula is C6H6FNSZn. The minimum atomic E-state index is -0.328. The average molecular weight is 209 g/mol. The molecule has 1 rings (SSSR count). The van der Waals surface area contributed by atoms with Gasteiger partial charge in [-0.1, -0.05) is 0 Å². The Morgan fingerprint density at radius 1 is 1.40 bits per heavy atom. The number of hydrogen-bond donors (Lipinski definition) is 2. The van der Waals surface area contributed by atoms with Gasteiger partial charge in [-0.25, -0.2) is 4.39 Å². The molecule has 0 unspecified atom stereocenters. The van der Waals surface area contributed by atoms with Crippen molar-refractivity contribution in [3.63, 3.8) is 0 Å². The van der Waals surface area contributed by atoms with Crippen LogP contribution in [-0.4, -0.2) is 0 Å². The van der Waals surface area contributed by atoms with Crippen LogP contribution >= 0.6 is 12.6 Å². The molecular weight excluding hydrogens is 203 g/mol. The van der Waals surface area contributed by atoms with Crippen molar-refractivity contribution in [2.75, 3.05) is 5.73 Å². The van der Waals surface area contributed by atoms with Crippen LogP contribution in [0.4, 0.5) is 10.1 Å². The van der Waals surface area contributed by atoms with E-state index < -0.39 is 0 Å². The van der Waals surface area contributed by atoms with E-state index in [1.54, 1.807) is 0 Å². The van der Waals surface area contributed by atoms with E-state index in [2.05, 4.69) is 12.6 Å². The summed E-state index contributed by atoms with van der Waals surface area (Å²) in [5.74, 6) is -0.328. The summed E-state index contributed by atoms with van der Waals surface area (Å²) in [5.41, 5.74) is 5.68. The summed E-state index contributed by atoms with van der Waals surface area (Å²) >= 11 is 3.95. The van der Waals surface area contributed by atoms with Crippen molar-refractivity contribution in [3.05, 3.63) is 24.0 Å². The monoisotopic (exact) mass is 207 g/mol. The quantitative estimate of drug-likeness (QED) is 0.379. The topological polar surface area (TPSA) is 26.0 Å². The zero-order valence-corrected chi connectivity index (χ0v) is 9.20. The Hall–Kier alpha value is -0.0766. The molecule has 0 radical (unpaired) electrons. The Labute approximate surface area is 77.0 Å². The summed E-state index contributed by atoms with van der Waals surface area (Å²) in [5, 5.41) is 0. The van der Waals surface area contributed by atoms with Gasteiger partial charge in [0.1, 0.15) is 5.82 Å². The van der Waals surface area contributed by atoms with Crippen LogP contribution in [-0.2, 0) is 19.5 Å². The molecule has 0 aromatic heterocycles. The predicted molar refractivity (Wildman–Crippen MR) is 38.1 cm³/mol. The van der Waals surface area contributed by atoms with E-state index >= 15 is 0 Å². The maximum atomic E-state index is 12.2. The predicted octanol–water partition coefficient (Wildman–Crippen LogP) is 1.69. The third-order valence-electron chi connectivity index (χ3n) is 0.990. The molecule has 0 saturated heterocycles. The number of halogens is 1. The second-order valence-corrected chi connectivity index (χ2v) is 2.18. The number of thiol groups is 1. The summed E-state index contributed by atoms with van der Waals surface area (Å²) < 4.78 is 12.2. The first-order valence-corrected chi connectivity index (χ1v) is 2.89. The van der Waals surface area contributed by atoms with Gasteiger partial charge in [-0.05, 0) is 18.2 Å². The number of rotatable bonds is 0. The van der Waals surface area contributed by atoms with Crippen LogP contribution < -0.4 is 5.73 Å². The van der Waals surface area contributed by atoms with Crippen LogP contribution in [0.2, 0.25) is 0 Å². The molecule has 0 aliphatic rings. The number of nitrogens with two attached hydrogens (primary N) is 1. The SMILES string of the molecule is Nc1cc(F)ccc1S.[Zn]. The molecule has 0 fully saturated rings. The summed E-state index contributed by atoms with van der Waals surface area (Å²) in [4.78, 5) is 0.608. The van der Waals surface area contributed by atoms with Crippen molar-refractivity contribution >= 4 is 18.3 Å². The summed E-state index contributed by atoms with van der Waals surface area (Å²) in [6.45, 7) is 0. The molecule has 0 aliphatic carbocycles. The van der Waals surface area contributed by atoms with Gasteiger partial charge in [-0.15, -0.1) is 12.6 Å². The molecule has 1 aromatic rings. The van der Waals surface area contributed by atoms with Gasteiger partial charge in [0.2, 0.25) is 0 Å². The molecule has 10 heavy (non-hydrogen) atoms. The summed E-state index contributed by atoms with van der Waals surface area (Å²) in [7, 11) is 0. The van der Waals surface area contributed by atoms with Crippen molar-refractivity contribution in [2.24, 2.45) is 0 Å². The molecule has 0 heterocycles. The van der Waals surface area contributed by atoms with Crippen molar-refractivity contribution in [3.8, 4) is 0 Å². The zero-order valence-electron chi connectivity index (χ0n) is 5.34. The number of hydrogen-bond acceptors (Lipinski definition) is 2. The van der Waals surface area contributed by atoms with E-state index in [0.717, 1.165) is 0 Å². The molecule has 0 saturated carbocycles. The molecule has 4 heteroatoms. The summed E-state index contributed by atoms with van der Waals surface area (Å²) in [6, 6.07) is 4.08. The van der Waals surface area contributed by atoms with E-state index in [0.29, 0.717) is 10.6 Å². The van der Waals surface area contributed by atoms with Crippen molar-refractivity contribution in [1.29, 1.82) is 0 Å². The molecule has 0 bridgehead atoms.